The molecule has 0 heterocycles. The lowest BCUT2D eigenvalue weighted by molar-refractivity contribution is 0.102. The highest BCUT2D eigenvalue weighted by atomic mass is 35.5. The Morgan fingerprint density at radius 2 is 2.10 bits per heavy atom. The number of carbonyl (C=O) groups is 1. The second kappa shape index (κ2) is 6.41. The molecule has 0 spiro atoms. The predicted octanol–water partition coefficient (Wildman–Crippen LogP) is 3.32. The Balaban J connectivity index is 2.17. The Kier molecular flexibility index (Phi) is 4.61. The number of anilines is 2. The monoisotopic (exact) mass is 290 g/mol. The van der Waals surface area contributed by atoms with Crippen LogP contribution in [-0.4, -0.2) is 13.0 Å². The quantitative estimate of drug-likeness (QED) is 0.849. The van der Waals surface area contributed by atoms with Crippen LogP contribution in [0.5, 0.6) is 0 Å². The maximum atomic E-state index is 12.1. The van der Waals surface area contributed by atoms with Crippen molar-refractivity contribution in [1.82, 2.24) is 0 Å². The van der Waals surface area contributed by atoms with Crippen LogP contribution in [0.2, 0.25) is 5.02 Å². The molecule has 0 aromatic heterocycles. The molecule has 0 bridgehead atoms. The van der Waals surface area contributed by atoms with Gasteiger partial charge in [0, 0.05) is 18.5 Å². The third kappa shape index (κ3) is 3.50. The van der Waals surface area contributed by atoms with Gasteiger partial charge in [0.2, 0.25) is 0 Å². The van der Waals surface area contributed by atoms with Crippen molar-refractivity contribution in [2.45, 2.75) is 6.61 Å². The molecule has 2 aromatic rings. The van der Waals surface area contributed by atoms with Gasteiger partial charge >= 0.3 is 0 Å². The van der Waals surface area contributed by atoms with Gasteiger partial charge in [-0.3, -0.25) is 4.79 Å². The predicted molar refractivity (Wildman–Crippen MR) is 81.0 cm³/mol. The summed E-state index contributed by atoms with van der Waals surface area (Å²) in [5.74, 6) is -0.274. The summed E-state index contributed by atoms with van der Waals surface area (Å²) in [5.41, 5.74) is 8.18. The zero-order chi connectivity index (χ0) is 14.5. The van der Waals surface area contributed by atoms with E-state index in [2.05, 4.69) is 5.32 Å². The van der Waals surface area contributed by atoms with E-state index in [0.717, 1.165) is 5.56 Å². The molecule has 0 saturated heterocycles. The Hall–Kier alpha value is -2.04. The first-order valence-corrected chi connectivity index (χ1v) is 6.42. The highest BCUT2D eigenvalue weighted by molar-refractivity contribution is 6.34. The van der Waals surface area contributed by atoms with Crippen LogP contribution in [0.25, 0.3) is 0 Å². The molecule has 0 fully saturated rings. The fourth-order valence-corrected chi connectivity index (χ4v) is 2.09. The Labute approximate surface area is 122 Å². The van der Waals surface area contributed by atoms with Gasteiger partial charge in [-0.25, -0.2) is 0 Å². The average Bonchev–Trinajstić information content (AvgIpc) is 2.39. The summed E-state index contributed by atoms with van der Waals surface area (Å²) in [7, 11) is 1.62. The molecule has 0 unspecified atom stereocenters. The molecular formula is C15H15ClN2O2. The van der Waals surface area contributed by atoms with Crippen LogP contribution < -0.4 is 11.1 Å². The Morgan fingerprint density at radius 3 is 2.80 bits per heavy atom. The molecule has 1 amide bonds. The van der Waals surface area contributed by atoms with Gasteiger partial charge in [-0.2, -0.15) is 0 Å². The zero-order valence-electron chi connectivity index (χ0n) is 11.0. The van der Waals surface area contributed by atoms with Crippen LogP contribution in [0.15, 0.2) is 42.5 Å². The molecule has 2 rings (SSSR count). The van der Waals surface area contributed by atoms with E-state index in [-0.39, 0.29) is 5.91 Å². The molecule has 0 aliphatic rings. The van der Waals surface area contributed by atoms with Crippen LogP contribution in [0, 0.1) is 0 Å². The van der Waals surface area contributed by atoms with Gasteiger partial charge < -0.3 is 15.8 Å². The molecule has 0 atom stereocenters. The van der Waals surface area contributed by atoms with Crippen molar-refractivity contribution in [2.24, 2.45) is 0 Å². The van der Waals surface area contributed by atoms with E-state index in [9.17, 15) is 4.79 Å². The molecular weight excluding hydrogens is 276 g/mol. The summed E-state index contributed by atoms with van der Waals surface area (Å²) in [6, 6.07) is 12.2. The molecule has 104 valence electrons. The first kappa shape index (κ1) is 14.4. The van der Waals surface area contributed by atoms with Gasteiger partial charge in [-0.05, 0) is 35.9 Å². The van der Waals surface area contributed by atoms with Crippen molar-refractivity contribution < 1.29 is 9.53 Å². The van der Waals surface area contributed by atoms with Gasteiger partial charge in [0.25, 0.3) is 5.91 Å². The van der Waals surface area contributed by atoms with Crippen LogP contribution in [0.4, 0.5) is 11.4 Å². The third-order valence-electron chi connectivity index (χ3n) is 2.73. The highest BCUT2D eigenvalue weighted by Gasteiger charge is 2.10. The molecule has 2 aromatic carbocycles. The summed E-state index contributed by atoms with van der Waals surface area (Å²) in [5, 5.41) is 3.13. The fraction of sp³-hybridized carbons (Fsp3) is 0.133. The van der Waals surface area contributed by atoms with Crippen molar-refractivity contribution in [3.63, 3.8) is 0 Å². The van der Waals surface area contributed by atoms with Crippen LogP contribution >= 0.6 is 11.6 Å². The first-order valence-electron chi connectivity index (χ1n) is 6.04. The van der Waals surface area contributed by atoms with Gasteiger partial charge in [0.1, 0.15) is 0 Å². The summed E-state index contributed by atoms with van der Waals surface area (Å²) in [6.45, 7) is 0.492. The van der Waals surface area contributed by atoms with Crippen LogP contribution in [-0.2, 0) is 11.3 Å². The Bertz CT molecular complexity index is 629. The molecule has 4 nitrogen and oxygen atoms in total. The molecule has 20 heavy (non-hydrogen) atoms. The molecule has 0 radical (unpaired) electrons. The van der Waals surface area contributed by atoms with Crippen molar-refractivity contribution in [1.29, 1.82) is 0 Å². The number of amides is 1. The first-order chi connectivity index (χ1) is 9.60. The number of rotatable bonds is 4. The maximum Gasteiger partial charge on any atom is 0.257 e. The van der Waals surface area contributed by atoms with Crippen molar-refractivity contribution >= 4 is 28.9 Å². The van der Waals surface area contributed by atoms with Crippen LogP contribution in [0.1, 0.15) is 15.9 Å². The zero-order valence-corrected chi connectivity index (χ0v) is 11.8. The fourth-order valence-electron chi connectivity index (χ4n) is 1.82. The van der Waals surface area contributed by atoms with Gasteiger partial charge in [-0.15, -0.1) is 0 Å². The number of hydrogen-bond acceptors (Lipinski definition) is 3. The van der Waals surface area contributed by atoms with Gasteiger partial charge in [0.15, 0.2) is 0 Å². The number of nitrogens with two attached hydrogens (primary N) is 1. The van der Waals surface area contributed by atoms with Crippen LogP contribution in [0.3, 0.4) is 0 Å². The number of nitrogen functional groups attached to an aromatic ring is 1. The molecule has 0 aliphatic carbocycles. The van der Waals surface area contributed by atoms with E-state index in [0.29, 0.717) is 28.6 Å². The number of ether oxygens (including phenoxy) is 1. The number of hydrogen-bond donors (Lipinski definition) is 2. The van der Waals surface area contributed by atoms with E-state index in [1.54, 1.807) is 25.3 Å². The minimum Gasteiger partial charge on any atom is -0.399 e. The standard InChI is InChI=1S/C15H15ClN2O2/c1-20-9-10-3-2-4-12(7-10)18-15(19)13-6-5-11(17)8-14(13)16/h2-8H,9,17H2,1H3,(H,18,19). The number of carbonyl (C=O) groups excluding carboxylic acids is 1. The second-order valence-electron chi connectivity index (χ2n) is 4.33. The topological polar surface area (TPSA) is 64.3 Å². The lowest BCUT2D eigenvalue weighted by Crippen LogP contribution is -2.12. The third-order valence-corrected chi connectivity index (χ3v) is 3.05. The van der Waals surface area contributed by atoms with E-state index in [4.69, 9.17) is 22.1 Å². The smallest absolute Gasteiger partial charge is 0.257 e. The molecule has 0 saturated carbocycles. The molecule has 5 heteroatoms. The van der Waals surface area contributed by atoms with E-state index >= 15 is 0 Å². The second-order valence-corrected chi connectivity index (χ2v) is 4.73. The van der Waals surface area contributed by atoms with E-state index < -0.39 is 0 Å². The lowest BCUT2D eigenvalue weighted by Gasteiger charge is -2.08. The Morgan fingerprint density at radius 1 is 1.30 bits per heavy atom. The largest absolute Gasteiger partial charge is 0.399 e. The highest BCUT2D eigenvalue weighted by Crippen LogP contribution is 2.21. The normalized spacial score (nSPS) is 10.3. The minimum absolute atomic E-state index is 0.274. The van der Waals surface area contributed by atoms with Crippen molar-refractivity contribution in [3.8, 4) is 0 Å². The summed E-state index contributed by atoms with van der Waals surface area (Å²) < 4.78 is 5.06. The summed E-state index contributed by atoms with van der Waals surface area (Å²) >= 11 is 6.01. The lowest BCUT2D eigenvalue weighted by atomic mass is 10.1. The number of nitrogens with one attached hydrogen (secondary N) is 1. The average molecular weight is 291 g/mol. The number of benzene rings is 2. The van der Waals surface area contributed by atoms with Crippen molar-refractivity contribution in [2.75, 3.05) is 18.2 Å². The van der Waals surface area contributed by atoms with E-state index in [1.807, 2.05) is 24.3 Å². The summed E-state index contributed by atoms with van der Waals surface area (Å²) in [4.78, 5) is 12.1. The van der Waals surface area contributed by atoms with Crippen molar-refractivity contribution in [3.05, 3.63) is 58.6 Å². The molecule has 3 N–H and O–H groups in total. The minimum atomic E-state index is -0.274. The van der Waals surface area contributed by atoms with Gasteiger partial charge in [-0.1, -0.05) is 23.7 Å². The van der Waals surface area contributed by atoms with Gasteiger partial charge in [0.05, 0.1) is 17.2 Å². The molecule has 0 aliphatic heterocycles. The maximum absolute atomic E-state index is 12.1. The SMILES string of the molecule is COCc1cccc(NC(=O)c2ccc(N)cc2Cl)c1. The number of methoxy groups -OCH3 is 1. The summed E-state index contributed by atoms with van der Waals surface area (Å²) in [6.07, 6.45) is 0. The number of halogens is 1. The van der Waals surface area contributed by atoms with E-state index in [1.165, 1.54) is 0 Å².